The van der Waals surface area contributed by atoms with Crippen molar-refractivity contribution < 1.29 is 0 Å². The molecular formula is C16H13ClN2S. The molecule has 4 heteroatoms. The van der Waals surface area contributed by atoms with E-state index in [-0.39, 0.29) is 0 Å². The molecule has 0 aliphatic carbocycles. The average Bonchev–Trinajstić information content (AvgIpc) is 2.99. The van der Waals surface area contributed by atoms with Gasteiger partial charge in [-0.2, -0.15) is 0 Å². The maximum absolute atomic E-state index is 6.32. The number of amidine groups is 1. The first kappa shape index (κ1) is 12.3. The third kappa shape index (κ3) is 1.77. The van der Waals surface area contributed by atoms with Crippen molar-refractivity contribution in [2.24, 2.45) is 4.99 Å². The molecule has 0 spiro atoms. The highest BCUT2D eigenvalue weighted by Crippen LogP contribution is 2.42. The van der Waals surface area contributed by atoms with Gasteiger partial charge in [0.2, 0.25) is 0 Å². The lowest BCUT2D eigenvalue weighted by molar-refractivity contribution is 0.648. The molecule has 20 heavy (non-hydrogen) atoms. The standard InChI is InChI=1S/C16H13ClN2S/c1-10-15(19-8-7-18-16(19)20-10)12-6-5-11-3-2-4-14(17)13(11)9-12/h2-6,9H,7-8H2,1H3. The topological polar surface area (TPSA) is 15.6 Å². The molecule has 2 heterocycles. The fourth-order valence-electron chi connectivity index (χ4n) is 2.84. The van der Waals surface area contributed by atoms with Gasteiger partial charge >= 0.3 is 0 Å². The Bertz CT molecular complexity index is 779. The Labute approximate surface area is 127 Å². The quantitative estimate of drug-likeness (QED) is 0.765. The summed E-state index contributed by atoms with van der Waals surface area (Å²) in [7, 11) is 0. The van der Waals surface area contributed by atoms with Gasteiger partial charge < -0.3 is 4.90 Å². The smallest absolute Gasteiger partial charge is 0.168 e. The highest BCUT2D eigenvalue weighted by molar-refractivity contribution is 8.17. The van der Waals surface area contributed by atoms with E-state index in [1.165, 1.54) is 21.6 Å². The summed E-state index contributed by atoms with van der Waals surface area (Å²) in [5.41, 5.74) is 2.51. The Morgan fingerprint density at radius 2 is 2.15 bits per heavy atom. The maximum atomic E-state index is 6.32. The molecule has 0 N–H and O–H groups in total. The molecule has 2 aromatic rings. The van der Waals surface area contributed by atoms with Gasteiger partial charge in [-0.1, -0.05) is 47.6 Å². The number of thioether (sulfide) groups is 1. The van der Waals surface area contributed by atoms with Crippen molar-refractivity contribution in [2.75, 3.05) is 13.1 Å². The molecular weight excluding hydrogens is 288 g/mol. The van der Waals surface area contributed by atoms with E-state index in [1.54, 1.807) is 11.8 Å². The molecule has 100 valence electrons. The number of allylic oxidation sites excluding steroid dienone is 1. The molecule has 2 nitrogen and oxygen atoms in total. The van der Waals surface area contributed by atoms with E-state index in [0.717, 1.165) is 28.7 Å². The molecule has 0 atom stereocenters. The zero-order valence-corrected chi connectivity index (χ0v) is 12.6. The fourth-order valence-corrected chi connectivity index (χ4v) is 4.12. The summed E-state index contributed by atoms with van der Waals surface area (Å²) in [6, 6.07) is 12.6. The molecule has 2 aliphatic heterocycles. The van der Waals surface area contributed by atoms with Crippen LogP contribution >= 0.6 is 23.4 Å². The van der Waals surface area contributed by atoms with Crippen LogP contribution in [0.25, 0.3) is 16.5 Å². The first-order valence-corrected chi connectivity index (χ1v) is 7.83. The number of hydrogen-bond acceptors (Lipinski definition) is 3. The van der Waals surface area contributed by atoms with E-state index in [2.05, 4.69) is 41.1 Å². The van der Waals surface area contributed by atoms with E-state index in [4.69, 9.17) is 11.6 Å². The Hall–Kier alpha value is -1.45. The minimum absolute atomic E-state index is 0.809. The van der Waals surface area contributed by atoms with Crippen molar-refractivity contribution >= 4 is 45.0 Å². The van der Waals surface area contributed by atoms with E-state index < -0.39 is 0 Å². The van der Waals surface area contributed by atoms with Gasteiger partial charge in [-0.25, -0.2) is 0 Å². The molecule has 2 aromatic carbocycles. The van der Waals surface area contributed by atoms with E-state index >= 15 is 0 Å². The van der Waals surface area contributed by atoms with Crippen molar-refractivity contribution in [1.29, 1.82) is 0 Å². The zero-order chi connectivity index (χ0) is 13.7. The monoisotopic (exact) mass is 300 g/mol. The number of benzene rings is 2. The molecule has 0 aromatic heterocycles. The van der Waals surface area contributed by atoms with Gasteiger partial charge in [0.15, 0.2) is 5.17 Å². The first-order valence-electron chi connectivity index (χ1n) is 6.63. The summed E-state index contributed by atoms with van der Waals surface area (Å²) >= 11 is 8.10. The van der Waals surface area contributed by atoms with Gasteiger partial charge in [-0.05, 0) is 30.0 Å². The summed E-state index contributed by atoms with van der Waals surface area (Å²) in [6.45, 7) is 4.04. The van der Waals surface area contributed by atoms with Crippen LogP contribution in [0.5, 0.6) is 0 Å². The van der Waals surface area contributed by atoms with Crippen LogP contribution < -0.4 is 0 Å². The normalized spacial score (nSPS) is 17.9. The summed E-state index contributed by atoms with van der Waals surface area (Å²) < 4.78 is 0. The van der Waals surface area contributed by atoms with Crippen molar-refractivity contribution in [1.82, 2.24) is 4.90 Å². The Morgan fingerprint density at radius 3 is 3.05 bits per heavy atom. The van der Waals surface area contributed by atoms with Crippen LogP contribution in [0.2, 0.25) is 5.02 Å². The Morgan fingerprint density at radius 1 is 1.25 bits per heavy atom. The van der Waals surface area contributed by atoms with Crippen molar-refractivity contribution in [2.45, 2.75) is 6.92 Å². The van der Waals surface area contributed by atoms with E-state index in [9.17, 15) is 0 Å². The van der Waals surface area contributed by atoms with Crippen LogP contribution in [-0.4, -0.2) is 23.2 Å². The van der Waals surface area contributed by atoms with Gasteiger partial charge in [0, 0.05) is 21.9 Å². The van der Waals surface area contributed by atoms with Crippen LogP contribution in [0.3, 0.4) is 0 Å². The second-order valence-electron chi connectivity index (χ2n) is 5.00. The second kappa shape index (κ2) is 4.54. The van der Waals surface area contributed by atoms with Crippen LogP contribution in [-0.2, 0) is 0 Å². The number of fused-ring (bicyclic) bond motifs is 2. The first-order chi connectivity index (χ1) is 9.74. The number of hydrogen-bond donors (Lipinski definition) is 0. The molecule has 2 aliphatic rings. The van der Waals surface area contributed by atoms with Crippen molar-refractivity contribution in [3.05, 3.63) is 51.9 Å². The molecule has 0 bridgehead atoms. The maximum Gasteiger partial charge on any atom is 0.168 e. The summed E-state index contributed by atoms with van der Waals surface area (Å²) in [5, 5.41) is 4.24. The predicted molar refractivity (Wildman–Crippen MR) is 88.2 cm³/mol. The lowest BCUT2D eigenvalue weighted by atomic mass is 10.0. The lowest BCUT2D eigenvalue weighted by Gasteiger charge is -2.17. The van der Waals surface area contributed by atoms with E-state index in [1.807, 2.05) is 12.1 Å². The van der Waals surface area contributed by atoms with E-state index in [0.29, 0.717) is 0 Å². The largest absolute Gasteiger partial charge is 0.318 e. The second-order valence-corrected chi connectivity index (χ2v) is 6.59. The average molecular weight is 301 g/mol. The molecule has 0 saturated heterocycles. The number of aliphatic imine (C=N–C) groups is 1. The minimum Gasteiger partial charge on any atom is -0.318 e. The summed E-state index contributed by atoms with van der Waals surface area (Å²) in [5.74, 6) is 0. The number of rotatable bonds is 1. The summed E-state index contributed by atoms with van der Waals surface area (Å²) in [4.78, 5) is 8.17. The minimum atomic E-state index is 0.809. The van der Waals surface area contributed by atoms with Crippen LogP contribution in [0.1, 0.15) is 12.5 Å². The third-order valence-electron chi connectivity index (χ3n) is 3.75. The summed E-state index contributed by atoms with van der Waals surface area (Å²) in [6.07, 6.45) is 0. The molecule has 0 saturated carbocycles. The van der Waals surface area contributed by atoms with Crippen LogP contribution in [0.4, 0.5) is 0 Å². The van der Waals surface area contributed by atoms with Crippen molar-refractivity contribution in [3.8, 4) is 0 Å². The fraction of sp³-hybridized carbons (Fsp3) is 0.188. The molecule has 0 unspecified atom stereocenters. The highest BCUT2D eigenvalue weighted by atomic mass is 35.5. The predicted octanol–water partition coefficient (Wildman–Crippen LogP) is 4.60. The molecule has 0 fully saturated rings. The SMILES string of the molecule is CC1=C(c2ccc3cccc(Cl)c3c2)N2CCN=C2S1. The number of halogens is 1. The van der Waals surface area contributed by atoms with Crippen molar-refractivity contribution in [3.63, 3.8) is 0 Å². The van der Waals surface area contributed by atoms with Gasteiger partial charge in [0.25, 0.3) is 0 Å². The van der Waals surface area contributed by atoms with Crippen LogP contribution in [0.15, 0.2) is 46.3 Å². The number of nitrogens with zero attached hydrogens (tertiary/aromatic N) is 2. The Kier molecular flexibility index (Phi) is 2.79. The molecule has 0 amide bonds. The van der Waals surface area contributed by atoms with Gasteiger partial charge in [0.05, 0.1) is 12.2 Å². The van der Waals surface area contributed by atoms with Crippen LogP contribution in [0, 0.1) is 0 Å². The Balaban J connectivity index is 1.89. The lowest BCUT2D eigenvalue weighted by Crippen LogP contribution is -2.19. The molecule has 4 rings (SSSR count). The third-order valence-corrected chi connectivity index (χ3v) is 5.11. The molecule has 0 radical (unpaired) electrons. The van der Waals surface area contributed by atoms with Gasteiger partial charge in [-0.3, -0.25) is 4.99 Å². The van der Waals surface area contributed by atoms with Gasteiger partial charge in [-0.15, -0.1) is 0 Å². The highest BCUT2D eigenvalue weighted by Gasteiger charge is 2.30. The zero-order valence-electron chi connectivity index (χ0n) is 11.1. The van der Waals surface area contributed by atoms with Gasteiger partial charge in [0.1, 0.15) is 0 Å².